The van der Waals surface area contributed by atoms with Crippen LogP contribution in [0.3, 0.4) is 0 Å². The molecular weight excluding hydrogens is 248 g/mol. The number of ether oxygens (including phenoxy) is 1. The molecule has 0 amide bonds. The summed E-state index contributed by atoms with van der Waals surface area (Å²) in [7, 11) is 0. The number of rotatable bonds is 6. The van der Waals surface area contributed by atoms with Crippen molar-refractivity contribution in [1.82, 2.24) is 10.2 Å². The van der Waals surface area contributed by atoms with E-state index < -0.39 is 0 Å². The molecule has 0 aliphatic carbocycles. The van der Waals surface area contributed by atoms with Crippen molar-refractivity contribution < 1.29 is 4.74 Å². The van der Waals surface area contributed by atoms with Crippen molar-refractivity contribution in [2.75, 3.05) is 32.8 Å². The molecule has 0 aromatic heterocycles. The van der Waals surface area contributed by atoms with Gasteiger partial charge in [0, 0.05) is 31.8 Å². The van der Waals surface area contributed by atoms with Gasteiger partial charge in [0.25, 0.3) is 0 Å². The lowest BCUT2D eigenvalue weighted by Gasteiger charge is -2.34. The maximum absolute atomic E-state index is 5.58. The zero-order chi connectivity index (χ0) is 14.2. The lowest BCUT2D eigenvalue weighted by atomic mass is 9.98. The van der Waals surface area contributed by atoms with Gasteiger partial charge in [-0.3, -0.25) is 4.90 Å². The molecule has 0 bridgehead atoms. The highest BCUT2D eigenvalue weighted by Crippen LogP contribution is 2.22. The topological polar surface area (TPSA) is 24.5 Å². The van der Waals surface area contributed by atoms with Crippen LogP contribution in [0.15, 0.2) is 30.3 Å². The highest BCUT2D eigenvalue weighted by Gasteiger charge is 2.25. The van der Waals surface area contributed by atoms with Crippen LogP contribution in [0, 0.1) is 0 Å². The molecule has 112 valence electrons. The molecule has 1 aromatic carbocycles. The smallest absolute Gasteiger partial charge is 0.0593 e. The summed E-state index contributed by atoms with van der Waals surface area (Å²) >= 11 is 0. The van der Waals surface area contributed by atoms with Gasteiger partial charge in [-0.05, 0) is 31.9 Å². The molecule has 1 saturated heterocycles. The molecule has 1 aliphatic heterocycles. The van der Waals surface area contributed by atoms with Crippen molar-refractivity contribution in [2.45, 2.75) is 38.8 Å². The van der Waals surface area contributed by atoms with Gasteiger partial charge in [-0.2, -0.15) is 0 Å². The van der Waals surface area contributed by atoms with E-state index in [2.05, 4.69) is 54.4 Å². The fraction of sp³-hybridized carbons (Fsp3) is 0.647. The van der Waals surface area contributed by atoms with Crippen LogP contribution in [0.25, 0.3) is 0 Å². The Morgan fingerprint density at radius 1 is 1.20 bits per heavy atom. The molecule has 1 fully saturated rings. The first-order chi connectivity index (χ1) is 9.83. The highest BCUT2D eigenvalue weighted by atomic mass is 16.5. The van der Waals surface area contributed by atoms with Crippen LogP contribution in [-0.4, -0.2) is 43.8 Å². The van der Waals surface area contributed by atoms with Gasteiger partial charge >= 0.3 is 0 Å². The SMILES string of the molecule is CCCNC(c1ccccc1)C(C)N1CCCOCC1. The maximum Gasteiger partial charge on any atom is 0.0593 e. The predicted molar refractivity (Wildman–Crippen MR) is 83.9 cm³/mol. The van der Waals surface area contributed by atoms with E-state index in [1.165, 1.54) is 12.0 Å². The maximum atomic E-state index is 5.58. The van der Waals surface area contributed by atoms with Crippen molar-refractivity contribution in [3.8, 4) is 0 Å². The van der Waals surface area contributed by atoms with Crippen LogP contribution in [0.2, 0.25) is 0 Å². The molecule has 1 aromatic rings. The third-order valence-corrected chi connectivity index (χ3v) is 4.09. The van der Waals surface area contributed by atoms with Crippen LogP contribution in [-0.2, 0) is 4.74 Å². The molecule has 2 unspecified atom stereocenters. The van der Waals surface area contributed by atoms with Gasteiger partial charge < -0.3 is 10.1 Å². The molecule has 2 rings (SSSR count). The molecule has 0 radical (unpaired) electrons. The van der Waals surface area contributed by atoms with Crippen molar-refractivity contribution in [3.63, 3.8) is 0 Å². The van der Waals surface area contributed by atoms with E-state index in [9.17, 15) is 0 Å². The molecular formula is C17H28N2O. The molecule has 3 heteroatoms. The quantitative estimate of drug-likeness (QED) is 0.864. The summed E-state index contributed by atoms with van der Waals surface area (Å²) in [4.78, 5) is 2.56. The van der Waals surface area contributed by atoms with Gasteiger partial charge in [0.15, 0.2) is 0 Å². The van der Waals surface area contributed by atoms with E-state index in [1.54, 1.807) is 0 Å². The van der Waals surface area contributed by atoms with E-state index in [-0.39, 0.29) is 0 Å². The Kier molecular flexibility index (Phi) is 6.51. The lowest BCUT2D eigenvalue weighted by Crippen LogP contribution is -2.44. The minimum atomic E-state index is 0.397. The van der Waals surface area contributed by atoms with Gasteiger partial charge in [-0.15, -0.1) is 0 Å². The molecule has 20 heavy (non-hydrogen) atoms. The number of benzene rings is 1. The fourth-order valence-corrected chi connectivity index (χ4v) is 2.91. The minimum absolute atomic E-state index is 0.397. The second kappa shape index (κ2) is 8.40. The average molecular weight is 276 g/mol. The van der Waals surface area contributed by atoms with Gasteiger partial charge in [0.2, 0.25) is 0 Å². The Balaban J connectivity index is 2.08. The average Bonchev–Trinajstić information content (AvgIpc) is 2.77. The molecule has 3 nitrogen and oxygen atoms in total. The molecule has 0 saturated carbocycles. The van der Waals surface area contributed by atoms with E-state index in [1.807, 2.05) is 0 Å². The first kappa shape index (κ1) is 15.5. The van der Waals surface area contributed by atoms with Crippen LogP contribution >= 0.6 is 0 Å². The Labute approximate surface area is 123 Å². The van der Waals surface area contributed by atoms with E-state index in [0.29, 0.717) is 12.1 Å². The third-order valence-electron chi connectivity index (χ3n) is 4.09. The molecule has 1 heterocycles. The summed E-state index contributed by atoms with van der Waals surface area (Å²) in [6.45, 7) is 9.57. The Hall–Kier alpha value is -0.900. The van der Waals surface area contributed by atoms with Crippen LogP contribution < -0.4 is 5.32 Å². The number of hydrogen-bond acceptors (Lipinski definition) is 3. The van der Waals surface area contributed by atoms with Gasteiger partial charge in [0.05, 0.1) is 6.61 Å². The molecule has 2 atom stereocenters. The predicted octanol–water partition coefficient (Wildman–Crippen LogP) is 2.84. The molecule has 0 spiro atoms. The van der Waals surface area contributed by atoms with E-state index in [4.69, 9.17) is 4.74 Å². The molecule has 1 aliphatic rings. The lowest BCUT2D eigenvalue weighted by molar-refractivity contribution is 0.125. The number of nitrogens with one attached hydrogen (secondary N) is 1. The first-order valence-corrected chi connectivity index (χ1v) is 7.93. The van der Waals surface area contributed by atoms with Crippen LogP contribution in [0.5, 0.6) is 0 Å². The normalized spacial score (nSPS) is 20.3. The second-order valence-corrected chi connectivity index (χ2v) is 5.58. The minimum Gasteiger partial charge on any atom is -0.380 e. The van der Waals surface area contributed by atoms with Crippen molar-refractivity contribution >= 4 is 0 Å². The zero-order valence-corrected chi connectivity index (χ0v) is 12.8. The Morgan fingerprint density at radius 3 is 2.75 bits per heavy atom. The van der Waals surface area contributed by atoms with Gasteiger partial charge in [-0.1, -0.05) is 37.3 Å². The largest absolute Gasteiger partial charge is 0.380 e. The van der Waals surface area contributed by atoms with Gasteiger partial charge in [0.1, 0.15) is 0 Å². The number of hydrogen-bond donors (Lipinski definition) is 1. The van der Waals surface area contributed by atoms with E-state index >= 15 is 0 Å². The third kappa shape index (κ3) is 4.30. The summed E-state index contributed by atoms with van der Waals surface area (Å²) in [6.07, 6.45) is 2.30. The molecule has 1 N–H and O–H groups in total. The Morgan fingerprint density at radius 2 is 2.00 bits per heavy atom. The fourth-order valence-electron chi connectivity index (χ4n) is 2.91. The van der Waals surface area contributed by atoms with Crippen LogP contribution in [0.1, 0.15) is 38.3 Å². The standard InChI is InChI=1S/C17H28N2O/c1-3-10-18-17(16-8-5-4-6-9-16)15(2)19-11-7-13-20-14-12-19/h4-6,8-9,15,17-18H,3,7,10-14H2,1-2H3. The summed E-state index contributed by atoms with van der Waals surface area (Å²) in [6, 6.07) is 11.7. The van der Waals surface area contributed by atoms with Crippen molar-refractivity contribution in [1.29, 1.82) is 0 Å². The number of nitrogens with zero attached hydrogens (tertiary/aromatic N) is 1. The van der Waals surface area contributed by atoms with Gasteiger partial charge in [-0.25, -0.2) is 0 Å². The second-order valence-electron chi connectivity index (χ2n) is 5.58. The summed E-state index contributed by atoms with van der Waals surface area (Å²) in [5.41, 5.74) is 1.39. The Bertz CT molecular complexity index is 361. The highest BCUT2D eigenvalue weighted by molar-refractivity contribution is 5.20. The zero-order valence-electron chi connectivity index (χ0n) is 12.8. The summed E-state index contributed by atoms with van der Waals surface area (Å²) < 4.78 is 5.58. The van der Waals surface area contributed by atoms with Crippen molar-refractivity contribution in [2.24, 2.45) is 0 Å². The monoisotopic (exact) mass is 276 g/mol. The van der Waals surface area contributed by atoms with Crippen LogP contribution in [0.4, 0.5) is 0 Å². The summed E-state index contributed by atoms with van der Waals surface area (Å²) in [5, 5.41) is 3.72. The van der Waals surface area contributed by atoms with Crippen molar-refractivity contribution in [3.05, 3.63) is 35.9 Å². The first-order valence-electron chi connectivity index (χ1n) is 7.93. The van der Waals surface area contributed by atoms with E-state index in [0.717, 1.165) is 39.3 Å². The summed E-state index contributed by atoms with van der Waals surface area (Å²) in [5.74, 6) is 0.